The van der Waals surface area contributed by atoms with E-state index in [9.17, 15) is 30.4 Å². The minimum Gasteiger partial charge on any atom is -0.394 e. The van der Waals surface area contributed by atoms with Crippen molar-refractivity contribution in [1.29, 1.82) is 0 Å². The van der Waals surface area contributed by atoms with E-state index in [-0.39, 0.29) is 21.8 Å². The highest BCUT2D eigenvalue weighted by atomic mass is 32.2. The molecule has 2 rings (SSSR count). The van der Waals surface area contributed by atoms with E-state index in [2.05, 4.69) is 6.58 Å². The van der Waals surface area contributed by atoms with Gasteiger partial charge in [0.2, 0.25) is 0 Å². The zero-order valence-corrected chi connectivity index (χ0v) is 15.3. The number of hydrogen-bond acceptors (Lipinski definition) is 4. The number of allylic oxidation sites excluding steroid dienone is 1. The zero-order chi connectivity index (χ0) is 21.3. The number of nitrogens with two attached hydrogens (primary N) is 1. The Balaban J connectivity index is 2.56. The van der Waals surface area contributed by atoms with E-state index in [1.807, 2.05) is 0 Å². The minimum atomic E-state index is -4.85. The summed E-state index contributed by atoms with van der Waals surface area (Å²) >= 11 is 0. The number of halogens is 5. The largest absolute Gasteiger partial charge is 0.432 e. The Morgan fingerprint density at radius 3 is 2.11 bits per heavy atom. The van der Waals surface area contributed by atoms with Gasteiger partial charge in [-0.05, 0) is 42.5 Å². The molecule has 0 atom stereocenters. The van der Waals surface area contributed by atoms with E-state index < -0.39 is 33.3 Å². The molecule has 0 saturated heterocycles. The lowest BCUT2D eigenvalue weighted by molar-refractivity contribution is -0.0928. The van der Waals surface area contributed by atoms with Gasteiger partial charge in [0.15, 0.2) is 21.5 Å². The second-order valence-corrected chi connectivity index (χ2v) is 7.81. The molecular weight excluding hydrogens is 403 g/mol. The fourth-order valence-electron chi connectivity index (χ4n) is 2.19. The lowest BCUT2D eigenvalue weighted by Gasteiger charge is -2.25. The Hall–Kier alpha value is -2.88. The van der Waals surface area contributed by atoms with Gasteiger partial charge in [0, 0.05) is 29.4 Å². The smallest absolute Gasteiger partial charge is 0.394 e. The first kappa shape index (κ1) is 21.4. The molecule has 0 unspecified atom stereocenters. The van der Waals surface area contributed by atoms with Gasteiger partial charge in [0.25, 0.3) is 0 Å². The number of rotatable bonds is 5. The molecule has 2 aromatic rings. The van der Waals surface area contributed by atoms with Crippen molar-refractivity contribution < 1.29 is 30.4 Å². The Bertz CT molecular complexity index is 1030. The van der Waals surface area contributed by atoms with E-state index in [0.717, 1.165) is 29.4 Å². The molecule has 0 spiro atoms. The summed E-state index contributed by atoms with van der Waals surface area (Å²) in [7, 11) is -3.53. The van der Waals surface area contributed by atoms with Crippen LogP contribution in [0.1, 0.15) is 5.56 Å². The van der Waals surface area contributed by atoms with Gasteiger partial charge in [-0.25, -0.2) is 17.2 Å². The van der Waals surface area contributed by atoms with Gasteiger partial charge in [-0.1, -0.05) is 6.58 Å². The molecule has 0 heterocycles. The molecule has 4 nitrogen and oxygen atoms in total. The number of hydrogen-bond donors (Lipinski definition) is 1. The zero-order valence-electron chi connectivity index (χ0n) is 14.5. The summed E-state index contributed by atoms with van der Waals surface area (Å²) in [5.74, 6) is -2.34. The minimum absolute atomic E-state index is 0.00249. The Labute approximate surface area is 158 Å². The first-order chi connectivity index (χ1) is 12.8. The van der Waals surface area contributed by atoms with Crippen LogP contribution in [0.4, 0.5) is 27.6 Å². The van der Waals surface area contributed by atoms with Crippen molar-refractivity contribution in [2.24, 2.45) is 5.73 Å². The fourth-order valence-corrected chi connectivity index (χ4v) is 2.82. The van der Waals surface area contributed by atoms with E-state index in [1.165, 1.54) is 24.3 Å². The van der Waals surface area contributed by atoms with Gasteiger partial charge in [0.1, 0.15) is 5.70 Å². The van der Waals surface area contributed by atoms with Crippen molar-refractivity contribution in [3.8, 4) is 0 Å². The summed E-state index contributed by atoms with van der Waals surface area (Å²) in [5.41, 5.74) is 3.55. The van der Waals surface area contributed by atoms with Crippen LogP contribution in [-0.4, -0.2) is 20.8 Å². The highest BCUT2D eigenvalue weighted by Gasteiger charge is 2.32. The molecule has 0 aliphatic rings. The first-order valence-corrected chi connectivity index (χ1v) is 9.48. The predicted molar refractivity (Wildman–Crippen MR) is 95.7 cm³/mol. The third-order valence-electron chi connectivity index (χ3n) is 3.68. The average molecular weight is 418 g/mol. The maximum atomic E-state index is 13.5. The average Bonchev–Trinajstić information content (AvgIpc) is 2.59. The van der Waals surface area contributed by atoms with E-state index in [1.54, 1.807) is 0 Å². The third-order valence-corrected chi connectivity index (χ3v) is 4.81. The molecule has 0 aromatic heterocycles. The van der Waals surface area contributed by atoms with Crippen molar-refractivity contribution >= 4 is 21.2 Å². The second-order valence-electron chi connectivity index (χ2n) is 5.79. The topological polar surface area (TPSA) is 63.4 Å². The van der Waals surface area contributed by atoms with E-state index >= 15 is 0 Å². The van der Waals surface area contributed by atoms with Crippen LogP contribution in [0.25, 0.3) is 5.70 Å². The predicted octanol–water partition coefficient (Wildman–Crippen LogP) is 4.21. The maximum absolute atomic E-state index is 13.5. The molecule has 0 bridgehead atoms. The molecule has 0 radical (unpaired) electrons. The van der Waals surface area contributed by atoms with Crippen LogP contribution >= 0.6 is 0 Å². The Kier molecular flexibility index (Phi) is 5.83. The molecular formula is C18H15F5N2O2S. The summed E-state index contributed by atoms with van der Waals surface area (Å²) in [4.78, 5) is 0.851. The van der Waals surface area contributed by atoms with Crippen LogP contribution in [0, 0.1) is 11.6 Å². The normalized spacial score (nSPS) is 12.7. The van der Waals surface area contributed by atoms with Gasteiger partial charge in [-0.3, -0.25) is 0 Å². The molecule has 0 aliphatic heterocycles. The number of alkyl halides is 3. The van der Waals surface area contributed by atoms with Crippen LogP contribution in [0.15, 0.2) is 65.8 Å². The van der Waals surface area contributed by atoms with E-state index in [4.69, 9.17) is 5.73 Å². The summed E-state index contributed by atoms with van der Waals surface area (Å²) in [6.07, 6.45) is -3.35. The van der Waals surface area contributed by atoms with Gasteiger partial charge in [-0.2, -0.15) is 13.2 Å². The molecule has 0 saturated carbocycles. The van der Waals surface area contributed by atoms with Crippen LogP contribution < -0.4 is 10.6 Å². The van der Waals surface area contributed by atoms with Gasteiger partial charge < -0.3 is 10.6 Å². The third kappa shape index (κ3) is 4.89. The molecule has 2 aromatic carbocycles. The van der Waals surface area contributed by atoms with Crippen molar-refractivity contribution in [3.05, 3.63) is 78.1 Å². The fraction of sp³-hybridized carbons (Fsp3) is 0.111. The molecule has 0 aliphatic carbocycles. The van der Waals surface area contributed by atoms with Crippen LogP contribution in [0.5, 0.6) is 0 Å². The first-order valence-electron chi connectivity index (χ1n) is 7.59. The summed E-state index contributed by atoms with van der Waals surface area (Å²) in [5, 5.41) is 0. The molecule has 2 N–H and O–H groups in total. The lowest BCUT2D eigenvalue weighted by Crippen LogP contribution is -2.24. The molecule has 28 heavy (non-hydrogen) atoms. The second kappa shape index (κ2) is 7.63. The molecule has 10 heteroatoms. The summed E-state index contributed by atoms with van der Waals surface area (Å²) in [6, 6.07) is 7.56. The Morgan fingerprint density at radius 2 is 1.64 bits per heavy atom. The number of sulfone groups is 1. The highest BCUT2D eigenvalue weighted by Crippen LogP contribution is 2.30. The SMILES string of the molecule is C=C(c1ccc(F)c(F)c1)N(/C=C(\N)C(F)(F)F)c1ccc(S(C)(=O)=O)cc1. The van der Waals surface area contributed by atoms with Crippen LogP contribution in [0.2, 0.25) is 0 Å². The summed E-state index contributed by atoms with van der Waals surface area (Å²) < 4.78 is 88.5. The quantitative estimate of drug-likeness (QED) is 0.739. The number of anilines is 1. The highest BCUT2D eigenvalue weighted by molar-refractivity contribution is 7.90. The standard InChI is InChI=1S/C18H15F5N2O2S/c1-11(12-3-8-15(19)16(20)9-12)25(10-17(24)18(21,22)23)13-4-6-14(7-5-13)28(2,26)27/h3-10H,1,24H2,2H3/b17-10-. The van der Waals surface area contributed by atoms with Crippen molar-refractivity contribution in [1.82, 2.24) is 0 Å². The van der Waals surface area contributed by atoms with Crippen molar-refractivity contribution in [3.63, 3.8) is 0 Å². The van der Waals surface area contributed by atoms with Crippen LogP contribution in [-0.2, 0) is 9.84 Å². The number of nitrogens with zero attached hydrogens (tertiary/aromatic N) is 1. The van der Waals surface area contributed by atoms with Gasteiger partial charge in [0.05, 0.1) is 4.90 Å². The van der Waals surface area contributed by atoms with Crippen LogP contribution in [0.3, 0.4) is 0 Å². The van der Waals surface area contributed by atoms with Gasteiger partial charge in [-0.15, -0.1) is 0 Å². The van der Waals surface area contributed by atoms with E-state index in [0.29, 0.717) is 6.20 Å². The monoisotopic (exact) mass is 418 g/mol. The Morgan fingerprint density at radius 1 is 1.07 bits per heavy atom. The molecule has 0 fully saturated rings. The molecule has 150 valence electrons. The van der Waals surface area contributed by atoms with Crippen molar-refractivity contribution in [2.75, 3.05) is 11.2 Å². The maximum Gasteiger partial charge on any atom is 0.432 e. The number of benzene rings is 2. The molecule has 0 amide bonds. The summed E-state index contributed by atoms with van der Waals surface area (Å²) in [6.45, 7) is 3.63. The van der Waals surface area contributed by atoms with Gasteiger partial charge >= 0.3 is 6.18 Å². The lowest BCUT2D eigenvalue weighted by atomic mass is 10.1. The van der Waals surface area contributed by atoms with Crippen molar-refractivity contribution in [2.45, 2.75) is 11.1 Å².